The van der Waals surface area contributed by atoms with Crippen LogP contribution in [-0.2, 0) is 45.2 Å². The molecule has 4 amide bonds. The number of nitrogens with one attached hydrogen (secondary N) is 5. The standard InChI is InChI=1S/C40H43N9O11/c41-40(44-21-27-32(48(56)57)10-4-12-34(27)50)42-18-6-9-29-38(54)47-30(19-24-7-2-1-3-8-24)37(53)43-22-36(52)45-31(39(55)46-29)20-25-14-16-26(17-15-25)60-23-28-33(49(58)59)11-5-13-35(28)51/h1-5,7-8,10-17,29-31,50-51H,6,9,18-23H2,(H,43,53)(H,45,52)(H,46,55)(H,47,54)(H3,41,42,44)/t29-,30-,31-/m0/s1. The fourth-order valence-electron chi connectivity index (χ4n) is 6.25. The maximum atomic E-state index is 13.9. The average molecular weight is 826 g/mol. The van der Waals surface area contributed by atoms with E-state index in [4.69, 9.17) is 10.5 Å². The Balaban J connectivity index is 1.28. The molecule has 314 valence electrons. The molecule has 9 N–H and O–H groups in total. The largest absolute Gasteiger partial charge is 0.507 e. The number of guanidine groups is 1. The van der Waals surface area contributed by atoms with Gasteiger partial charge in [0.25, 0.3) is 11.4 Å². The third kappa shape index (κ3) is 12.1. The van der Waals surface area contributed by atoms with Crippen molar-refractivity contribution in [3.05, 3.63) is 133 Å². The van der Waals surface area contributed by atoms with Gasteiger partial charge in [-0.2, -0.15) is 0 Å². The summed E-state index contributed by atoms with van der Waals surface area (Å²) in [5.74, 6) is -3.06. The van der Waals surface area contributed by atoms with Gasteiger partial charge in [0.15, 0.2) is 5.96 Å². The van der Waals surface area contributed by atoms with E-state index in [1.165, 1.54) is 36.4 Å². The van der Waals surface area contributed by atoms with Gasteiger partial charge in [-0.15, -0.1) is 0 Å². The van der Waals surface area contributed by atoms with E-state index in [1.54, 1.807) is 54.6 Å². The van der Waals surface area contributed by atoms with E-state index in [0.717, 1.165) is 5.56 Å². The number of nitro benzene ring substituents is 2. The molecule has 4 aromatic rings. The molecule has 0 saturated carbocycles. The number of hydrogen-bond donors (Lipinski definition) is 8. The lowest BCUT2D eigenvalue weighted by Crippen LogP contribution is -2.60. The van der Waals surface area contributed by atoms with Gasteiger partial charge < -0.3 is 47.3 Å². The highest BCUT2D eigenvalue weighted by molar-refractivity contribution is 5.96. The molecule has 0 unspecified atom stereocenters. The van der Waals surface area contributed by atoms with E-state index < -0.39 is 58.1 Å². The van der Waals surface area contributed by atoms with Crippen molar-refractivity contribution < 1.29 is 44.0 Å². The van der Waals surface area contributed by atoms with Gasteiger partial charge in [-0.3, -0.25) is 39.4 Å². The van der Waals surface area contributed by atoms with Crippen molar-refractivity contribution in [2.45, 2.75) is 57.0 Å². The Morgan fingerprint density at radius 1 is 0.733 bits per heavy atom. The second-order valence-corrected chi connectivity index (χ2v) is 13.6. The molecule has 20 nitrogen and oxygen atoms in total. The van der Waals surface area contributed by atoms with E-state index in [2.05, 4.69) is 31.6 Å². The number of ether oxygens (including phenoxy) is 1. The lowest BCUT2D eigenvalue weighted by atomic mass is 10.0. The zero-order valence-corrected chi connectivity index (χ0v) is 32.0. The van der Waals surface area contributed by atoms with Crippen molar-refractivity contribution in [3.63, 3.8) is 0 Å². The van der Waals surface area contributed by atoms with Crippen molar-refractivity contribution in [2.24, 2.45) is 10.7 Å². The van der Waals surface area contributed by atoms with Crippen molar-refractivity contribution in [2.75, 3.05) is 13.1 Å². The highest BCUT2D eigenvalue weighted by Gasteiger charge is 2.31. The van der Waals surface area contributed by atoms with Gasteiger partial charge in [-0.25, -0.2) is 4.99 Å². The number of carbonyl (C=O) groups excluding carboxylic acids is 4. The van der Waals surface area contributed by atoms with Gasteiger partial charge in [-0.05, 0) is 48.2 Å². The third-order valence-electron chi connectivity index (χ3n) is 9.40. The van der Waals surface area contributed by atoms with Crippen LogP contribution in [0.1, 0.15) is 35.1 Å². The Labute approximate surface area is 342 Å². The second kappa shape index (κ2) is 20.6. The molecule has 0 aliphatic carbocycles. The zero-order chi connectivity index (χ0) is 43.2. The maximum Gasteiger partial charge on any atom is 0.279 e. The molecule has 4 aromatic carbocycles. The van der Waals surface area contributed by atoms with Crippen LogP contribution in [0.5, 0.6) is 17.2 Å². The van der Waals surface area contributed by atoms with Crippen molar-refractivity contribution in [1.82, 2.24) is 26.6 Å². The fourth-order valence-corrected chi connectivity index (χ4v) is 6.25. The number of amides is 4. The third-order valence-corrected chi connectivity index (χ3v) is 9.40. The molecule has 60 heavy (non-hydrogen) atoms. The lowest BCUT2D eigenvalue weighted by molar-refractivity contribution is -0.386. The van der Waals surface area contributed by atoms with E-state index in [-0.39, 0.29) is 85.3 Å². The van der Waals surface area contributed by atoms with Gasteiger partial charge in [0.2, 0.25) is 23.6 Å². The summed E-state index contributed by atoms with van der Waals surface area (Å²) in [5, 5.41) is 56.5. The molecule has 1 fully saturated rings. The van der Waals surface area contributed by atoms with E-state index in [0.29, 0.717) is 11.3 Å². The highest BCUT2D eigenvalue weighted by Crippen LogP contribution is 2.29. The molecule has 0 bridgehead atoms. The summed E-state index contributed by atoms with van der Waals surface area (Å²) in [6, 6.07) is 19.5. The quantitative estimate of drug-likeness (QED) is 0.0279. The molecule has 1 aliphatic rings. The first-order valence-electron chi connectivity index (χ1n) is 18.7. The fraction of sp³-hybridized carbons (Fsp3) is 0.275. The molecule has 0 spiro atoms. The Hall–Kier alpha value is -7.77. The topological polar surface area (TPSA) is 303 Å². The number of nitro groups is 2. The van der Waals surface area contributed by atoms with Crippen LogP contribution in [0.3, 0.4) is 0 Å². The second-order valence-electron chi connectivity index (χ2n) is 13.6. The first-order valence-corrected chi connectivity index (χ1v) is 18.7. The van der Waals surface area contributed by atoms with Crippen LogP contribution < -0.4 is 37.1 Å². The van der Waals surface area contributed by atoms with Crippen molar-refractivity contribution in [3.8, 4) is 17.2 Å². The molecule has 20 heteroatoms. The van der Waals surface area contributed by atoms with Gasteiger partial charge in [0, 0.05) is 31.5 Å². The van der Waals surface area contributed by atoms with Crippen LogP contribution in [0, 0.1) is 20.2 Å². The number of benzene rings is 4. The molecule has 3 atom stereocenters. The van der Waals surface area contributed by atoms with Crippen molar-refractivity contribution >= 4 is 41.0 Å². The summed E-state index contributed by atoms with van der Waals surface area (Å²) < 4.78 is 5.68. The minimum Gasteiger partial charge on any atom is -0.507 e. The molecule has 0 aromatic heterocycles. The number of hydrogen-bond acceptors (Lipinski definition) is 12. The average Bonchev–Trinajstić information content (AvgIpc) is 3.22. The van der Waals surface area contributed by atoms with E-state index >= 15 is 0 Å². The number of carbonyl (C=O) groups is 4. The first-order chi connectivity index (χ1) is 28.8. The molecular formula is C40H43N9O11. The SMILES string of the molecule is NC(=NCc1c(O)cccc1[N+](=O)[O-])NCCC[C@@H]1NC(=O)[C@H](Cc2ccc(OCc3c(O)cccc3[N+](=O)[O-])cc2)NC(=O)CNC(=O)[C@H](Cc2ccccc2)NC1=O. The number of nitrogens with two attached hydrogens (primary N) is 1. The summed E-state index contributed by atoms with van der Waals surface area (Å²) in [6.45, 7) is -0.940. The minimum absolute atomic E-state index is 0.0128. The minimum atomic E-state index is -1.21. The number of aromatic hydroxyl groups is 2. The highest BCUT2D eigenvalue weighted by atomic mass is 16.6. The Bertz CT molecular complexity index is 2240. The number of phenolic OH excluding ortho intramolecular Hbond substituents is 2. The van der Waals surface area contributed by atoms with E-state index in [9.17, 15) is 49.6 Å². The number of nitrogens with zero attached hydrogens (tertiary/aromatic N) is 3. The van der Waals surface area contributed by atoms with Gasteiger partial charge >= 0.3 is 0 Å². The van der Waals surface area contributed by atoms with Crippen LogP contribution in [-0.4, -0.2) is 80.9 Å². The first kappa shape index (κ1) is 43.4. The van der Waals surface area contributed by atoms with Crippen LogP contribution in [0.15, 0.2) is 96.0 Å². The summed E-state index contributed by atoms with van der Waals surface area (Å²) in [4.78, 5) is 79.8. The predicted octanol–water partition coefficient (Wildman–Crippen LogP) is 1.75. The zero-order valence-electron chi connectivity index (χ0n) is 32.0. The Morgan fingerprint density at radius 3 is 1.95 bits per heavy atom. The Kier molecular flexibility index (Phi) is 14.9. The number of phenols is 2. The lowest BCUT2D eigenvalue weighted by Gasteiger charge is -2.27. The number of rotatable bonds is 15. The van der Waals surface area contributed by atoms with Gasteiger partial charge in [0.05, 0.1) is 28.5 Å². The molecule has 1 heterocycles. The molecule has 1 aliphatic heterocycles. The van der Waals surface area contributed by atoms with Crippen LogP contribution >= 0.6 is 0 Å². The Morgan fingerprint density at radius 2 is 1.30 bits per heavy atom. The summed E-state index contributed by atoms with van der Waals surface area (Å²) in [5.41, 5.74) is 6.60. The van der Waals surface area contributed by atoms with Gasteiger partial charge in [-0.1, -0.05) is 54.6 Å². The predicted molar refractivity (Wildman–Crippen MR) is 216 cm³/mol. The molecule has 0 radical (unpaired) electrons. The smallest absolute Gasteiger partial charge is 0.279 e. The summed E-state index contributed by atoms with van der Waals surface area (Å²) >= 11 is 0. The van der Waals surface area contributed by atoms with E-state index in [1.807, 2.05) is 0 Å². The summed E-state index contributed by atoms with van der Waals surface area (Å²) in [7, 11) is 0. The number of aliphatic imine (C=N–C) groups is 1. The summed E-state index contributed by atoms with van der Waals surface area (Å²) in [6.07, 6.45) is 0.301. The van der Waals surface area contributed by atoms with Gasteiger partial charge in [0.1, 0.15) is 47.5 Å². The maximum absolute atomic E-state index is 13.9. The van der Waals surface area contributed by atoms with Crippen LogP contribution in [0.2, 0.25) is 0 Å². The molecule has 5 rings (SSSR count). The normalized spacial score (nSPS) is 17.5. The monoisotopic (exact) mass is 825 g/mol. The van der Waals surface area contributed by atoms with Crippen LogP contribution in [0.25, 0.3) is 0 Å². The van der Waals surface area contributed by atoms with Crippen molar-refractivity contribution in [1.29, 1.82) is 0 Å². The molecular weight excluding hydrogens is 782 g/mol. The van der Waals surface area contributed by atoms with Crippen LogP contribution in [0.4, 0.5) is 11.4 Å². The molecule has 1 saturated heterocycles.